The predicted molar refractivity (Wildman–Crippen MR) is 154 cm³/mol. The lowest BCUT2D eigenvalue weighted by molar-refractivity contribution is -0.160. The summed E-state index contributed by atoms with van der Waals surface area (Å²) in [5, 5.41) is 28.0. The summed E-state index contributed by atoms with van der Waals surface area (Å²) in [6.07, 6.45) is 6.42. The summed E-state index contributed by atoms with van der Waals surface area (Å²) in [5.74, 6) is 0.0296. The minimum Gasteiger partial charge on any atom is -0.481 e. The number of aromatic nitrogens is 3. The number of nitrogens with zero attached hydrogens (tertiary/aromatic N) is 4. The molecule has 6 rings (SSSR count). The average molecular weight is 557 g/mol. The molecule has 3 aliphatic rings. The zero-order valence-corrected chi connectivity index (χ0v) is 23.7. The van der Waals surface area contributed by atoms with Crippen molar-refractivity contribution in [1.29, 1.82) is 5.26 Å². The van der Waals surface area contributed by atoms with Crippen LogP contribution in [0, 0.1) is 28.1 Å². The summed E-state index contributed by atoms with van der Waals surface area (Å²) >= 11 is 0. The topological polar surface area (TPSA) is 144 Å². The first kappa shape index (κ1) is 27.1. The summed E-state index contributed by atoms with van der Waals surface area (Å²) in [4.78, 5) is 43.1. The summed E-state index contributed by atoms with van der Waals surface area (Å²) in [7, 11) is 0. The molecule has 0 radical (unpaired) electrons. The second-order valence-corrected chi connectivity index (χ2v) is 12.9. The van der Waals surface area contributed by atoms with Crippen molar-refractivity contribution in [1.82, 2.24) is 19.7 Å². The van der Waals surface area contributed by atoms with Crippen LogP contribution in [-0.2, 0) is 11.3 Å². The van der Waals surface area contributed by atoms with Crippen molar-refractivity contribution in [2.24, 2.45) is 16.7 Å². The number of nitrogens with one attached hydrogen (secondary N) is 2. The monoisotopic (exact) mass is 556 g/mol. The molecule has 41 heavy (non-hydrogen) atoms. The number of amides is 1. The van der Waals surface area contributed by atoms with E-state index in [1.54, 1.807) is 6.20 Å². The minimum atomic E-state index is -0.786. The molecule has 1 aromatic carbocycles. The quantitative estimate of drug-likeness (QED) is 0.356. The van der Waals surface area contributed by atoms with Crippen LogP contribution in [0.4, 0.5) is 11.5 Å². The highest BCUT2D eigenvalue weighted by molar-refractivity contribution is 5.99. The van der Waals surface area contributed by atoms with Gasteiger partial charge in [-0.2, -0.15) is 10.4 Å². The van der Waals surface area contributed by atoms with E-state index in [4.69, 9.17) is 5.10 Å². The summed E-state index contributed by atoms with van der Waals surface area (Å²) in [6, 6.07) is 9.58. The molecule has 0 spiro atoms. The van der Waals surface area contributed by atoms with E-state index in [-0.39, 0.29) is 29.0 Å². The van der Waals surface area contributed by atoms with Crippen LogP contribution in [0.2, 0.25) is 0 Å². The average Bonchev–Trinajstić information content (AvgIpc) is 3.64. The second-order valence-electron chi connectivity index (χ2n) is 12.9. The minimum absolute atomic E-state index is 0.00109. The Morgan fingerprint density at radius 1 is 1.22 bits per heavy atom. The SMILES string of the molecule is CC(C)(C)C1(C(=O)O)CCC(N2Cc3cc(Nc4nn(C(CC#N)C5CC5)c5cc[nH]c(=O)c45)ccc3C2=O)CC1. The van der Waals surface area contributed by atoms with E-state index in [0.717, 1.165) is 24.1 Å². The highest BCUT2D eigenvalue weighted by Gasteiger charge is 2.51. The number of carboxylic acids is 1. The lowest BCUT2D eigenvalue weighted by atomic mass is 9.58. The molecule has 2 aliphatic carbocycles. The Kier molecular flexibility index (Phi) is 6.44. The molecule has 3 N–H and O–H groups in total. The molecule has 1 atom stereocenters. The molecule has 214 valence electrons. The van der Waals surface area contributed by atoms with Crippen LogP contribution in [0.25, 0.3) is 10.9 Å². The number of nitriles is 1. The van der Waals surface area contributed by atoms with Crippen LogP contribution in [0.3, 0.4) is 0 Å². The third-order valence-electron chi connectivity index (χ3n) is 9.71. The van der Waals surface area contributed by atoms with Crippen LogP contribution in [-0.4, -0.2) is 42.7 Å². The van der Waals surface area contributed by atoms with E-state index < -0.39 is 11.4 Å². The Morgan fingerprint density at radius 2 is 1.95 bits per heavy atom. The molecule has 2 saturated carbocycles. The fraction of sp³-hybridized carbons (Fsp3) is 0.516. The molecule has 2 fully saturated rings. The number of benzene rings is 1. The van der Waals surface area contributed by atoms with Crippen molar-refractivity contribution >= 4 is 34.3 Å². The molecule has 1 unspecified atom stereocenters. The van der Waals surface area contributed by atoms with E-state index in [1.807, 2.05) is 54.6 Å². The van der Waals surface area contributed by atoms with E-state index >= 15 is 0 Å². The van der Waals surface area contributed by atoms with Crippen molar-refractivity contribution in [3.05, 3.63) is 51.9 Å². The van der Waals surface area contributed by atoms with Gasteiger partial charge < -0.3 is 20.3 Å². The molecule has 2 aromatic heterocycles. The molecular weight excluding hydrogens is 520 g/mol. The summed E-state index contributed by atoms with van der Waals surface area (Å²) < 4.78 is 1.82. The maximum absolute atomic E-state index is 13.4. The van der Waals surface area contributed by atoms with Gasteiger partial charge in [0.2, 0.25) is 0 Å². The number of carbonyl (C=O) groups is 2. The van der Waals surface area contributed by atoms with Gasteiger partial charge in [0.05, 0.1) is 29.5 Å². The Balaban J connectivity index is 1.24. The molecule has 0 bridgehead atoms. The van der Waals surface area contributed by atoms with E-state index in [0.29, 0.717) is 66.9 Å². The third kappa shape index (κ3) is 4.48. The maximum Gasteiger partial charge on any atom is 0.310 e. The van der Waals surface area contributed by atoms with Gasteiger partial charge in [-0.05, 0) is 79.7 Å². The fourth-order valence-electron chi connectivity index (χ4n) is 7.01. The number of H-pyrrole nitrogens is 1. The molecule has 10 nitrogen and oxygen atoms in total. The number of carbonyl (C=O) groups excluding carboxylic acids is 1. The number of aliphatic carboxylic acids is 1. The lowest BCUT2D eigenvalue weighted by Crippen LogP contribution is -2.49. The van der Waals surface area contributed by atoms with Crippen molar-refractivity contribution < 1.29 is 14.7 Å². The number of fused-ring (bicyclic) bond motifs is 2. The first-order chi connectivity index (χ1) is 19.5. The molecule has 10 heteroatoms. The number of rotatable bonds is 7. The Morgan fingerprint density at radius 3 is 2.59 bits per heavy atom. The molecule has 3 aromatic rings. The van der Waals surface area contributed by atoms with Crippen LogP contribution >= 0.6 is 0 Å². The van der Waals surface area contributed by atoms with E-state index in [2.05, 4.69) is 16.4 Å². The molecule has 0 saturated heterocycles. The Hall–Kier alpha value is -4.13. The lowest BCUT2D eigenvalue weighted by Gasteiger charge is -2.47. The number of hydrogen-bond acceptors (Lipinski definition) is 6. The number of hydrogen-bond donors (Lipinski definition) is 3. The molecule has 1 amide bonds. The van der Waals surface area contributed by atoms with Crippen molar-refractivity contribution in [2.75, 3.05) is 5.32 Å². The number of aromatic amines is 1. The van der Waals surface area contributed by atoms with Gasteiger partial charge in [0.1, 0.15) is 5.39 Å². The second kappa shape index (κ2) is 9.75. The fourth-order valence-corrected chi connectivity index (χ4v) is 7.01. The normalized spacial score (nSPS) is 23.3. The van der Waals surface area contributed by atoms with Gasteiger partial charge in [-0.15, -0.1) is 0 Å². The van der Waals surface area contributed by atoms with E-state index in [9.17, 15) is 24.8 Å². The first-order valence-corrected chi connectivity index (χ1v) is 14.5. The Bertz CT molecular complexity index is 1630. The number of pyridine rings is 1. The summed E-state index contributed by atoms with van der Waals surface area (Å²) in [6.45, 7) is 6.43. The van der Waals surface area contributed by atoms with Crippen LogP contribution in [0.1, 0.15) is 87.7 Å². The predicted octanol–water partition coefficient (Wildman–Crippen LogP) is 5.35. The van der Waals surface area contributed by atoms with Gasteiger partial charge in [-0.1, -0.05) is 20.8 Å². The van der Waals surface area contributed by atoms with Crippen molar-refractivity contribution in [3.63, 3.8) is 0 Å². The number of carboxylic acid groups (broad SMARTS) is 1. The van der Waals surface area contributed by atoms with Crippen molar-refractivity contribution in [2.45, 2.75) is 84.3 Å². The van der Waals surface area contributed by atoms with Crippen LogP contribution < -0.4 is 10.9 Å². The maximum atomic E-state index is 13.4. The van der Waals surface area contributed by atoms with Crippen LogP contribution in [0.15, 0.2) is 35.3 Å². The first-order valence-electron chi connectivity index (χ1n) is 14.5. The van der Waals surface area contributed by atoms with Crippen molar-refractivity contribution in [3.8, 4) is 6.07 Å². The Labute approximate surface area is 238 Å². The highest BCUT2D eigenvalue weighted by atomic mass is 16.4. The van der Waals surface area contributed by atoms with Gasteiger partial charge in [-0.3, -0.25) is 19.1 Å². The summed E-state index contributed by atoms with van der Waals surface area (Å²) in [5.41, 5.74) is 1.55. The smallest absolute Gasteiger partial charge is 0.310 e. The molecular formula is C31H36N6O4. The number of anilines is 2. The van der Waals surface area contributed by atoms with Crippen LogP contribution in [0.5, 0.6) is 0 Å². The van der Waals surface area contributed by atoms with Gasteiger partial charge in [0.15, 0.2) is 5.82 Å². The molecule has 1 aliphatic heterocycles. The standard InChI is InChI=1S/C31H36N6O4/c1-30(2,3)31(29(40)41)12-8-21(9-13-31)36-17-19-16-20(6-7-22(19)28(36)39)34-26-25-24(11-15-33-27(25)38)37(35-26)23(10-14-32)18-4-5-18/h6-7,11,15-16,18,21,23H,4-5,8-10,12-13,17H2,1-3H3,(H,33,38)(H,34,35)(H,40,41). The largest absolute Gasteiger partial charge is 0.481 e. The van der Waals surface area contributed by atoms with Gasteiger partial charge in [0.25, 0.3) is 11.5 Å². The van der Waals surface area contributed by atoms with Gasteiger partial charge in [0, 0.05) is 30.0 Å². The highest BCUT2D eigenvalue weighted by Crippen LogP contribution is 2.51. The zero-order valence-electron chi connectivity index (χ0n) is 23.7. The van der Waals surface area contributed by atoms with Gasteiger partial charge >= 0.3 is 5.97 Å². The third-order valence-corrected chi connectivity index (χ3v) is 9.71. The zero-order chi connectivity index (χ0) is 29.1. The van der Waals surface area contributed by atoms with Gasteiger partial charge in [-0.25, -0.2) is 0 Å². The van der Waals surface area contributed by atoms with E-state index in [1.165, 1.54) is 0 Å². The molecule has 3 heterocycles.